The highest BCUT2D eigenvalue weighted by Gasteiger charge is 1.97. The molecule has 15 heavy (non-hydrogen) atoms. The van der Waals surface area contributed by atoms with E-state index in [4.69, 9.17) is 9.84 Å². The van der Waals surface area contributed by atoms with Crippen LogP contribution in [0.5, 0.6) is 0 Å². The Kier molecular flexibility index (Phi) is 4.64. The number of aliphatic hydroxyl groups is 1. The first-order chi connectivity index (χ1) is 7.26. The molecule has 1 aromatic carbocycles. The maximum absolute atomic E-state index is 8.87. The van der Waals surface area contributed by atoms with E-state index in [9.17, 15) is 0 Å². The molecule has 0 fully saturated rings. The topological polar surface area (TPSA) is 29.5 Å². The number of ether oxygens (including phenoxy) is 1. The zero-order valence-electron chi connectivity index (χ0n) is 8.78. The van der Waals surface area contributed by atoms with Gasteiger partial charge in [0.1, 0.15) is 0 Å². The third kappa shape index (κ3) is 4.00. The molecule has 2 heteroatoms. The van der Waals surface area contributed by atoms with Gasteiger partial charge in [0.2, 0.25) is 0 Å². The van der Waals surface area contributed by atoms with Crippen LogP contribution in [0.2, 0.25) is 0 Å². The summed E-state index contributed by atoms with van der Waals surface area (Å²) < 4.78 is 5.04. The summed E-state index contributed by atoms with van der Waals surface area (Å²) in [5.41, 5.74) is 2.14. The Morgan fingerprint density at radius 3 is 2.40 bits per heavy atom. The van der Waals surface area contributed by atoms with E-state index in [2.05, 4.69) is 13.2 Å². The summed E-state index contributed by atoms with van der Waals surface area (Å²) in [7, 11) is 0. The molecule has 0 radical (unpaired) electrons. The number of rotatable bonds is 6. The molecule has 0 aromatic heterocycles. The molecular weight excluding hydrogens is 188 g/mol. The third-order valence-electron chi connectivity index (χ3n) is 2.15. The second kappa shape index (κ2) is 6.04. The predicted octanol–water partition coefficient (Wildman–Crippen LogP) is 2.79. The lowest BCUT2D eigenvalue weighted by Gasteiger charge is -2.04. The Bertz CT molecular complexity index is 325. The van der Waals surface area contributed by atoms with Crippen LogP contribution < -0.4 is 0 Å². The highest BCUT2D eigenvalue weighted by molar-refractivity contribution is 5.22. The smallest absolute Gasteiger partial charge is 0.0963 e. The molecule has 0 unspecified atom stereocenters. The molecule has 1 aromatic rings. The van der Waals surface area contributed by atoms with E-state index in [-0.39, 0.29) is 6.61 Å². The Labute approximate surface area is 90.5 Å². The van der Waals surface area contributed by atoms with E-state index < -0.39 is 0 Å². The van der Waals surface area contributed by atoms with Crippen LogP contribution >= 0.6 is 0 Å². The molecule has 2 nitrogen and oxygen atoms in total. The molecule has 0 spiro atoms. The van der Waals surface area contributed by atoms with Gasteiger partial charge in [-0.15, -0.1) is 0 Å². The summed E-state index contributed by atoms with van der Waals surface area (Å²) in [5, 5.41) is 8.87. The largest absolute Gasteiger partial charge is 0.471 e. The highest BCUT2D eigenvalue weighted by atomic mass is 16.5. The van der Waals surface area contributed by atoms with E-state index in [0.29, 0.717) is 0 Å². The van der Waals surface area contributed by atoms with E-state index in [0.717, 1.165) is 24.2 Å². The van der Waals surface area contributed by atoms with Gasteiger partial charge in [-0.25, -0.2) is 0 Å². The minimum absolute atomic E-state index is 0.0898. The van der Waals surface area contributed by atoms with Crippen molar-refractivity contribution in [2.24, 2.45) is 0 Å². The van der Waals surface area contributed by atoms with E-state index in [1.54, 1.807) is 0 Å². The summed E-state index contributed by atoms with van der Waals surface area (Å²) in [6, 6.07) is 7.86. The molecule has 0 saturated carbocycles. The Morgan fingerprint density at radius 2 is 1.87 bits per heavy atom. The van der Waals surface area contributed by atoms with Crippen LogP contribution in [0.15, 0.2) is 49.4 Å². The fourth-order valence-corrected chi connectivity index (χ4v) is 1.27. The summed E-state index contributed by atoms with van der Waals surface area (Å²) >= 11 is 0. The number of aryl methyl sites for hydroxylation is 1. The summed E-state index contributed by atoms with van der Waals surface area (Å²) in [4.78, 5) is 0. The van der Waals surface area contributed by atoms with E-state index in [1.165, 1.54) is 11.8 Å². The first kappa shape index (κ1) is 11.5. The number of hydrogen-bond acceptors (Lipinski definition) is 2. The molecule has 0 aliphatic heterocycles. The molecule has 0 atom stereocenters. The van der Waals surface area contributed by atoms with Crippen molar-refractivity contribution in [2.45, 2.75) is 19.4 Å². The van der Waals surface area contributed by atoms with Crippen LogP contribution in [0.4, 0.5) is 0 Å². The molecule has 0 aliphatic rings. The van der Waals surface area contributed by atoms with Crippen molar-refractivity contribution >= 4 is 0 Å². The van der Waals surface area contributed by atoms with Crippen molar-refractivity contribution in [3.05, 3.63) is 60.6 Å². The molecule has 0 bridgehead atoms. The van der Waals surface area contributed by atoms with Crippen LogP contribution in [0.25, 0.3) is 0 Å². The quantitative estimate of drug-likeness (QED) is 0.722. The second-order valence-corrected chi connectivity index (χ2v) is 3.30. The van der Waals surface area contributed by atoms with Gasteiger partial charge in [0.25, 0.3) is 0 Å². The van der Waals surface area contributed by atoms with Crippen molar-refractivity contribution < 1.29 is 9.84 Å². The standard InChI is InChI=1S/C13H16O2/c1-3-15-11(2)4-5-12-6-8-13(10-14)9-7-12/h3,6-9,14H,1-2,4-5,10H2. The second-order valence-electron chi connectivity index (χ2n) is 3.30. The van der Waals surface area contributed by atoms with Gasteiger partial charge in [-0.2, -0.15) is 0 Å². The minimum atomic E-state index is 0.0898. The van der Waals surface area contributed by atoms with Crippen molar-refractivity contribution in [1.82, 2.24) is 0 Å². The molecule has 0 saturated heterocycles. The zero-order valence-corrected chi connectivity index (χ0v) is 8.78. The number of allylic oxidation sites excluding steroid dienone is 1. The summed E-state index contributed by atoms with van der Waals surface area (Å²) in [6.45, 7) is 7.32. The SMILES string of the molecule is C=COC(=C)CCc1ccc(CO)cc1. The first-order valence-corrected chi connectivity index (χ1v) is 4.90. The lowest BCUT2D eigenvalue weighted by atomic mass is 10.1. The van der Waals surface area contributed by atoms with Gasteiger partial charge >= 0.3 is 0 Å². The predicted molar refractivity (Wildman–Crippen MR) is 61.1 cm³/mol. The fourth-order valence-electron chi connectivity index (χ4n) is 1.27. The van der Waals surface area contributed by atoms with Crippen LogP contribution in [-0.4, -0.2) is 5.11 Å². The fraction of sp³-hybridized carbons (Fsp3) is 0.231. The monoisotopic (exact) mass is 204 g/mol. The van der Waals surface area contributed by atoms with Crippen molar-refractivity contribution in [3.8, 4) is 0 Å². The van der Waals surface area contributed by atoms with Crippen molar-refractivity contribution in [3.63, 3.8) is 0 Å². The van der Waals surface area contributed by atoms with Gasteiger partial charge in [-0.3, -0.25) is 0 Å². The molecule has 1 rings (SSSR count). The van der Waals surface area contributed by atoms with Gasteiger partial charge in [-0.1, -0.05) is 37.4 Å². The number of hydrogen-bond donors (Lipinski definition) is 1. The van der Waals surface area contributed by atoms with E-state index in [1.807, 2.05) is 24.3 Å². The Morgan fingerprint density at radius 1 is 1.27 bits per heavy atom. The zero-order chi connectivity index (χ0) is 11.1. The van der Waals surface area contributed by atoms with Gasteiger partial charge in [0.05, 0.1) is 18.6 Å². The molecule has 0 amide bonds. The Hall–Kier alpha value is -1.54. The van der Waals surface area contributed by atoms with E-state index >= 15 is 0 Å². The van der Waals surface area contributed by atoms with Gasteiger partial charge in [0.15, 0.2) is 0 Å². The summed E-state index contributed by atoms with van der Waals surface area (Å²) in [6.07, 6.45) is 3.06. The molecule has 1 N–H and O–H groups in total. The number of benzene rings is 1. The van der Waals surface area contributed by atoms with Gasteiger partial charge < -0.3 is 9.84 Å². The van der Waals surface area contributed by atoms with Gasteiger partial charge in [-0.05, 0) is 17.5 Å². The lowest BCUT2D eigenvalue weighted by molar-refractivity contribution is 0.282. The maximum Gasteiger partial charge on any atom is 0.0963 e. The average molecular weight is 204 g/mol. The molecule has 0 aliphatic carbocycles. The summed E-state index contributed by atoms with van der Waals surface area (Å²) in [5.74, 6) is 0.719. The maximum atomic E-state index is 8.87. The Balaban J connectivity index is 2.43. The molecule has 0 heterocycles. The third-order valence-corrected chi connectivity index (χ3v) is 2.15. The van der Waals surface area contributed by atoms with Crippen LogP contribution in [0, 0.1) is 0 Å². The van der Waals surface area contributed by atoms with Crippen molar-refractivity contribution in [1.29, 1.82) is 0 Å². The number of aliphatic hydroxyl groups excluding tert-OH is 1. The minimum Gasteiger partial charge on any atom is -0.471 e. The molecular formula is C13H16O2. The normalized spacial score (nSPS) is 9.67. The molecule has 80 valence electrons. The van der Waals surface area contributed by atoms with Crippen LogP contribution in [0.1, 0.15) is 17.5 Å². The van der Waals surface area contributed by atoms with Crippen molar-refractivity contribution in [2.75, 3.05) is 0 Å². The van der Waals surface area contributed by atoms with Crippen LogP contribution in [-0.2, 0) is 17.8 Å². The first-order valence-electron chi connectivity index (χ1n) is 4.90. The highest BCUT2D eigenvalue weighted by Crippen LogP contribution is 2.10. The van der Waals surface area contributed by atoms with Gasteiger partial charge in [0, 0.05) is 6.42 Å². The van der Waals surface area contributed by atoms with Crippen LogP contribution in [0.3, 0.4) is 0 Å². The lowest BCUT2D eigenvalue weighted by Crippen LogP contribution is -1.90. The average Bonchev–Trinajstić information content (AvgIpc) is 2.27.